The summed E-state index contributed by atoms with van der Waals surface area (Å²) in [5.74, 6) is 6.61. The fourth-order valence-corrected chi connectivity index (χ4v) is 9.99. The number of hydrogen-bond acceptors (Lipinski definition) is 1. The van der Waals surface area contributed by atoms with Crippen LogP contribution in [0.3, 0.4) is 0 Å². The second-order valence-corrected chi connectivity index (χ2v) is 16.5. The minimum absolute atomic E-state index is 0.511. The van der Waals surface area contributed by atoms with Crippen molar-refractivity contribution < 1.29 is 4.48 Å². The predicted octanol–water partition coefficient (Wildman–Crippen LogP) is 8.67. The first-order valence-corrected chi connectivity index (χ1v) is 16.5. The van der Waals surface area contributed by atoms with E-state index in [1.165, 1.54) is 96.7 Å². The average molecular weight is 514 g/mol. The molecule has 37 heavy (non-hydrogen) atoms. The summed E-state index contributed by atoms with van der Waals surface area (Å²) >= 11 is 0. The van der Waals surface area contributed by atoms with E-state index in [-0.39, 0.29) is 0 Å². The monoisotopic (exact) mass is 514 g/mol. The Bertz CT molecular complexity index is 777. The molecule has 3 saturated carbocycles. The molecule has 0 saturated heterocycles. The fourth-order valence-electron chi connectivity index (χ4n) is 9.99. The van der Waals surface area contributed by atoms with E-state index in [9.17, 15) is 0 Å². The van der Waals surface area contributed by atoms with Crippen molar-refractivity contribution >= 4 is 0 Å². The molecule has 214 valence electrons. The molecule has 2 nitrogen and oxygen atoms in total. The van der Waals surface area contributed by atoms with Gasteiger partial charge in [0, 0.05) is 6.54 Å². The van der Waals surface area contributed by atoms with E-state index in [1.807, 2.05) is 5.57 Å². The van der Waals surface area contributed by atoms with E-state index in [4.69, 9.17) is 0 Å². The van der Waals surface area contributed by atoms with Crippen molar-refractivity contribution in [3.05, 3.63) is 11.6 Å². The Morgan fingerprint density at radius 1 is 0.946 bits per heavy atom. The van der Waals surface area contributed by atoms with Gasteiger partial charge >= 0.3 is 0 Å². The van der Waals surface area contributed by atoms with Crippen LogP contribution in [0.1, 0.15) is 112 Å². The Labute approximate surface area is 232 Å². The van der Waals surface area contributed by atoms with Gasteiger partial charge in [-0.1, -0.05) is 65.5 Å². The maximum Gasteiger partial charge on any atom is 0.0909 e. The van der Waals surface area contributed by atoms with Crippen molar-refractivity contribution in [3.8, 4) is 0 Å². The molecule has 4 aliphatic carbocycles. The van der Waals surface area contributed by atoms with E-state index in [2.05, 4.69) is 73.8 Å². The number of hydrogen-bond donors (Lipinski definition) is 0. The van der Waals surface area contributed by atoms with Gasteiger partial charge in [0.05, 0.1) is 27.7 Å². The van der Waals surface area contributed by atoms with Gasteiger partial charge in [0.2, 0.25) is 0 Å². The molecule has 0 spiro atoms. The Hall–Kier alpha value is -0.340. The highest BCUT2D eigenvalue weighted by atomic mass is 15.3. The van der Waals surface area contributed by atoms with Gasteiger partial charge in [-0.15, -0.1) is 0 Å². The number of nitrogens with zero attached hydrogens (tertiary/aromatic N) is 2. The lowest BCUT2D eigenvalue weighted by Crippen LogP contribution is -2.50. The summed E-state index contributed by atoms with van der Waals surface area (Å²) < 4.78 is 1.07. The molecular weight excluding hydrogens is 448 g/mol. The van der Waals surface area contributed by atoms with Crippen molar-refractivity contribution in [1.82, 2.24) is 4.90 Å². The number of fused-ring (bicyclic) bond motifs is 5. The predicted molar refractivity (Wildman–Crippen MR) is 162 cm³/mol. The Morgan fingerprint density at radius 2 is 1.70 bits per heavy atom. The summed E-state index contributed by atoms with van der Waals surface area (Å²) in [5.41, 5.74) is 3.02. The van der Waals surface area contributed by atoms with Crippen LogP contribution in [0.4, 0.5) is 0 Å². The third-order valence-electron chi connectivity index (χ3n) is 12.5. The molecule has 0 N–H and O–H groups in total. The van der Waals surface area contributed by atoms with Gasteiger partial charge in [0.25, 0.3) is 0 Å². The molecule has 3 fully saturated rings. The van der Waals surface area contributed by atoms with Crippen LogP contribution in [0.25, 0.3) is 0 Å². The van der Waals surface area contributed by atoms with Gasteiger partial charge in [-0.2, -0.15) is 0 Å². The van der Waals surface area contributed by atoms with Crippen LogP contribution in [-0.2, 0) is 0 Å². The van der Waals surface area contributed by atoms with E-state index in [1.54, 1.807) is 0 Å². The van der Waals surface area contributed by atoms with Crippen LogP contribution in [0.5, 0.6) is 0 Å². The summed E-state index contributed by atoms with van der Waals surface area (Å²) in [6.45, 7) is 16.6. The molecule has 0 aliphatic heterocycles. The first kappa shape index (κ1) is 29.6. The maximum atomic E-state index is 2.80. The summed E-state index contributed by atoms with van der Waals surface area (Å²) in [5, 5.41) is 0. The average Bonchev–Trinajstić information content (AvgIpc) is 3.18. The molecule has 4 aliphatic rings. The first-order valence-electron chi connectivity index (χ1n) is 16.5. The Balaban J connectivity index is 1.35. The fraction of sp³-hybridized carbons (Fsp3) is 0.943. The van der Waals surface area contributed by atoms with E-state index < -0.39 is 0 Å². The normalized spacial score (nSPS) is 38.8. The van der Waals surface area contributed by atoms with Crippen LogP contribution in [0.15, 0.2) is 11.6 Å². The highest BCUT2D eigenvalue weighted by molar-refractivity contribution is 5.25. The van der Waals surface area contributed by atoms with E-state index in [0.29, 0.717) is 10.8 Å². The van der Waals surface area contributed by atoms with Crippen molar-refractivity contribution in [2.75, 3.05) is 47.8 Å². The molecule has 4 rings (SSSR count). The summed E-state index contributed by atoms with van der Waals surface area (Å²) in [6.07, 6.45) is 20.3. The van der Waals surface area contributed by atoms with Crippen molar-refractivity contribution in [1.29, 1.82) is 0 Å². The molecule has 0 aromatic carbocycles. The Kier molecular flexibility index (Phi) is 9.33. The first-order chi connectivity index (χ1) is 17.3. The maximum absolute atomic E-state index is 2.80. The van der Waals surface area contributed by atoms with Crippen molar-refractivity contribution in [2.45, 2.75) is 112 Å². The quantitative estimate of drug-likeness (QED) is 0.197. The third-order valence-corrected chi connectivity index (χ3v) is 12.5. The summed E-state index contributed by atoms with van der Waals surface area (Å²) in [4.78, 5) is 2.59. The molecule has 0 amide bonds. The van der Waals surface area contributed by atoms with Gasteiger partial charge < -0.3 is 9.38 Å². The molecule has 8 atom stereocenters. The zero-order chi connectivity index (χ0) is 27.0. The van der Waals surface area contributed by atoms with Crippen molar-refractivity contribution in [2.24, 2.45) is 52.3 Å². The molecule has 1 unspecified atom stereocenters. The van der Waals surface area contributed by atoms with Gasteiger partial charge in [0.1, 0.15) is 0 Å². The van der Waals surface area contributed by atoms with Crippen LogP contribution in [-0.4, -0.2) is 57.2 Å². The molecule has 0 aromatic heterocycles. The minimum Gasteiger partial charge on any atom is -0.330 e. The van der Waals surface area contributed by atoms with Gasteiger partial charge in [-0.05, 0) is 124 Å². The highest BCUT2D eigenvalue weighted by Crippen LogP contribution is 2.67. The lowest BCUT2D eigenvalue weighted by atomic mass is 9.46. The van der Waals surface area contributed by atoms with Gasteiger partial charge in [-0.3, -0.25) is 0 Å². The number of allylic oxidation sites excluding steroid dienone is 2. The second kappa shape index (κ2) is 11.6. The Morgan fingerprint density at radius 3 is 2.41 bits per heavy atom. The number of rotatable bonds is 11. The third kappa shape index (κ3) is 6.53. The number of likely N-dealkylation sites (N-methyl/N-ethyl adjacent to an activating group) is 2. The van der Waals surface area contributed by atoms with E-state index in [0.717, 1.165) is 45.9 Å². The van der Waals surface area contributed by atoms with E-state index >= 15 is 0 Å². The SMILES string of the molecule is CC(C)CCC[C@@H](C)[C@H]1CC[C@H]2[C@@H]3CC=C4CC(CCN(C)CC[N+](C)(C)C)CC[C@]4(C)[C@H]3CC[C@]12C. The molecule has 0 bridgehead atoms. The summed E-state index contributed by atoms with van der Waals surface area (Å²) in [6, 6.07) is 0. The molecule has 2 heteroatoms. The second-order valence-electron chi connectivity index (χ2n) is 16.5. The standard InChI is InChI=1S/C35H65N2/c1-26(2)11-10-12-27(3)31-15-16-32-30-14-13-29-25-28(19-22-36(6)23-24-37(7,8)9)17-20-34(29,4)33(30)18-21-35(31,32)5/h13,26-28,30-33H,10-12,14-25H2,1-9H3/q+1/t27-,28?,30+,31-,32+,33+,34+,35-/m1/s1. The molecule has 0 radical (unpaired) electrons. The van der Waals surface area contributed by atoms with Crippen LogP contribution >= 0.6 is 0 Å². The minimum atomic E-state index is 0.511. The van der Waals surface area contributed by atoms with Crippen molar-refractivity contribution in [3.63, 3.8) is 0 Å². The lowest BCUT2D eigenvalue weighted by Gasteiger charge is -2.58. The molecular formula is C35H65N2+. The molecule has 0 aromatic rings. The molecule has 0 heterocycles. The van der Waals surface area contributed by atoms with Gasteiger partial charge in [-0.25, -0.2) is 0 Å². The zero-order valence-corrected chi connectivity index (χ0v) is 26.6. The van der Waals surface area contributed by atoms with Crippen LogP contribution in [0.2, 0.25) is 0 Å². The highest BCUT2D eigenvalue weighted by Gasteiger charge is 2.59. The zero-order valence-electron chi connectivity index (χ0n) is 26.6. The largest absolute Gasteiger partial charge is 0.330 e. The smallest absolute Gasteiger partial charge is 0.0909 e. The van der Waals surface area contributed by atoms with Crippen LogP contribution < -0.4 is 0 Å². The van der Waals surface area contributed by atoms with Crippen LogP contribution in [0, 0.1) is 52.3 Å². The topological polar surface area (TPSA) is 3.24 Å². The summed E-state index contributed by atoms with van der Waals surface area (Å²) in [7, 11) is 9.28. The van der Waals surface area contributed by atoms with Gasteiger partial charge in [0.15, 0.2) is 0 Å². The lowest BCUT2D eigenvalue weighted by molar-refractivity contribution is -0.869. The number of quaternary nitrogens is 1.